The van der Waals surface area contributed by atoms with Crippen LogP contribution in [0.1, 0.15) is 28.4 Å². The van der Waals surface area contributed by atoms with Crippen LogP contribution in [-0.4, -0.2) is 47.9 Å². The van der Waals surface area contributed by atoms with Gasteiger partial charge in [0.05, 0.1) is 12.3 Å². The monoisotopic (exact) mass is 403 g/mol. The van der Waals surface area contributed by atoms with Crippen molar-refractivity contribution in [3.8, 4) is 0 Å². The number of urea groups is 1. The Morgan fingerprint density at radius 1 is 1.29 bits per heavy atom. The van der Waals surface area contributed by atoms with Gasteiger partial charge in [-0.3, -0.25) is 4.90 Å². The van der Waals surface area contributed by atoms with Gasteiger partial charge in [-0.05, 0) is 38.2 Å². The summed E-state index contributed by atoms with van der Waals surface area (Å²) in [5, 5.41) is 3.63. The molecule has 2 aromatic rings. The molecule has 0 spiro atoms. The summed E-state index contributed by atoms with van der Waals surface area (Å²) in [6.07, 6.45) is 3.29. The quantitative estimate of drug-likeness (QED) is 0.396. The second-order valence-electron chi connectivity index (χ2n) is 6.00. The highest BCUT2D eigenvalue weighted by Gasteiger charge is 2.19. The summed E-state index contributed by atoms with van der Waals surface area (Å²) in [4.78, 5) is 34.2. The molecular formula is C19H25N5O3S. The number of ether oxygens (including phenoxy) is 1. The van der Waals surface area contributed by atoms with Gasteiger partial charge in [-0.2, -0.15) is 0 Å². The molecule has 0 atom stereocenters. The van der Waals surface area contributed by atoms with E-state index in [9.17, 15) is 9.59 Å². The number of para-hydroxylation sites is 1. The number of hydrogen-bond donors (Lipinski definition) is 2. The first-order valence-corrected chi connectivity index (χ1v) is 10.1. The minimum Gasteiger partial charge on any atom is -0.462 e. The summed E-state index contributed by atoms with van der Waals surface area (Å²) in [5.74, 6) is -0.136. The molecule has 2 amide bonds. The average molecular weight is 404 g/mol. The molecule has 3 N–H and O–H groups in total. The van der Waals surface area contributed by atoms with E-state index >= 15 is 0 Å². The van der Waals surface area contributed by atoms with Crippen molar-refractivity contribution in [3.63, 3.8) is 0 Å². The number of aromatic nitrogens is 2. The van der Waals surface area contributed by atoms with E-state index in [1.165, 1.54) is 22.9 Å². The highest BCUT2D eigenvalue weighted by atomic mass is 32.2. The Kier molecular flexibility index (Phi) is 7.62. The second-order valence-corrected chi connectivity index (χ2v) is 6.77. The van der Waals surface area contributed by atoms with Crippen LogP contribution in [0, 0.1) is 13.8 Å². The number of nitrogens with zero attached hydrogens (tertiary/aromatic N) is 3. The zero-order valence-corrected chi connectivity index (χ0v) is 17.3. The average Bonchev–Trinajstić information content (AvgIpc) is 2.66. The fraction of sp³-hybridized carbons (Fsp3) is 0.368. The van der Waals surface area contributed by atoms with Crippen molar-refractivity contribution >= 4 is 35.3 Å². The van der Waals surface area contributed by atoms with Gasteiger partial charge in [0.1, 0.15) is 11.4 Å². The van der Waals surface area contributed by atoms with Crippen LogP contribution >= 0.6 is 11.8 Å². The Bertz CT molecular complexity index is 839. The van der Waals surface area contributed by atoms with Gasteiger partial charge in [-0.1, -0.05) is 30.0 Å². The van der Waals surface area contributed by atoms with Crippen LogP contribution in [0.15, 0.2) is 29.6 Å². The molecule has 0 unspecified atom stereocenters. The molecule has 1 aromatic carbocycles. The minimum absolute atomic E-state index is 0.248. The number of hydrogen-bond acceptors (Lipinski definition) is 7. The number of carbonyl (C=O) groups excluding carboxylic acids is 2. The first-order chi connectivity index (χ1) is 13.4. The van der Waals surface area contributed by atoms with Crippen LogP contribution in [0.3, 0.4) is 0 Å². The molecule has 0 aliphatic rings. The third-order valence-corrected chi connectivity index (χ3v) is 4.61. The molecule has 0 aliphatic carbocycles. The van der Waals surface area contributed by atoms with Gasteiger partial charge in [0.2, 0.25) is 0 Å². The third-order valence-electron chi connectivity index (χ3n) is 4.05. The Balaban J connectivity index is 2.20. The van der Waals surface area contributed by atoms with Crippen molar-refractivity contribution in [2.75, 3.05) is 36.2 Å². The first kappa shape index (κ1) is 21.5. The van der Waals surface area contributed by atoms with E-state index in [4.69, 9.17) is 10.5 Å². The van der Waals surface area contributed by atoms with Crippen molar-refractivity contribution in [1.82, 2.24) is 9.97 Å². The molecule has 150 valence electrons. The van der Waals surface area contributed by atoms with Crippen molar-refractivity contribution in [3.05, 3.63) is 41.1 Å². The molecule has 0 saturated carbocycles. The van der Waals surface area contributed by atoms with Gasteiger partial charge in [-0.25, -0.2) is 19.6 Å². The Hall–Kier alpha value is -2.81. The molecular weight excluding hydrogens is 378 g/mol. The summed E-state index contributed by atoms with van der Waals surface area (Å²) in [6, 6.07) is 5.25. The third kappa shape index (κ3) is 5.13. The number of primary amides is 1. The van der Waals surface area contributed by atoms with Gasteiger partial charge in [-0.15, -0.1) is 0 Å². The maximum Gasteiger partial charge on any atom is 0.343 e. The van der Waals surface area contributed by atoms with E-state index in [1.807, 2.05) is 38.3 Å². The molecule has 0 bridgehead atoms. The lowest BCUT2D eigenvalue weighted by Gasteiger charge is -2.24. The number of thioether (sulfide) groups is 1. The zero-order valence-electron chi connectivity index (χ0n) is 16.5. The molecule has 0 aliphatic heterocycles. The second kappa shape index (κ2) is 9.93. The summed E-state index contributed by atoms with van der Waals surface area (Å²) in [5.41, 5.74) is 8.55. The Morgan fingerprint density at radius 3 is 2.54 bits per heavy atom. The predicted octanol–water partition coefficient (Wildman–Crippen LogP) is 2.99. The van der Waals surface area contributed by atoms with E-state index in [0.29, 0.717) is 24.1 Å². The number of nitrogens with two attached hydrogens (primary N) is 1. The molecule has 8 nitrogen and oxygen atoms in total. The lowest BCUT2D eigenvalue weighted by molar-refractivity contribution is 0.0526. The minimum atomic E-state index is -0.544. The zero-order chi connectivity index (χ0) is 20.7. The molecule has 0 radical (unpaired) electrons. The van der Waals surface area contributed by atoms with Crippen molar-refractivity contribution in [2.24, 2.45) is 5.73 Å². The number of benzene rings is 1. The fourth-order valence-corrected chi connectivity index (χ4v) is 3.15. The highest BCUT2D eigenvalue weighted by Crippen LogP contribution is 2.24. The van der Waals surface area contributed by atoms with Crippen LogP contribution in [0.4, 0.5) is 16.3 Å². The maximum absolute atomic E-state index is 12.1. The summed E-state index contributed by atoms with van der Waals surface area (Å²) < 4.78 is 5.06. The summed E-state index contributed by atoms with van der Waals surface area (Å²) >= 11 is 1.36. The van der Waals surface area contributed by atoms with E-state index in [2.05, 4.69) is 15.3 Å². The number of esters is 1. The van der Waals surface area contributed by atoms with Crippen LogP contribution in [-0.2, 0) is 4.74 Å². The molecule has 0 saturated heterocycles. The van der Waals surface area contributed by atoms with Crippen LogP contribution < -0.4 is 16.0 Å². The van der Waals surface area contributed by atoms with E-state index < -0.39 is 12.0 Å². The van der Waals surface area contributed by atoms with Gasteiger partial charge < -0.3 is 15.8 Å². The normalized spacial score (nSPS) is 10.4. The molecule has 1 heterocycles. The molecule has 9 heteroatoms. The highest BCUT2D eigenvalue weighted by molar-refractivity contribution is 7.98. The maximum atomic E-state index is 12.1. The van der Waals surface area contributed by atoms with Gasteiger partial charge in [0.25, 0.3) is 0 Å². The number of nitrogens with one attached hydrogen (secondary N) is 1. The smallest absolute Gasteiger partial charge is 0.343 e. The SMILES string of the molecule is CCOC(=O)c1cnc(SC)nc1NCCN(C(N)=O)c1c(C)cccc1C. The van der Waals surface area contributed by atoms with E-state index in [0.717, 1.165) is 16.8 Å². The lowest BCUT2D eigenvalue weighted by atomic mass is 10.1. The lowest BCUT2D eigenvalue weighted by Crippen LogP contribution is -2.40. The number of anilines is 2. The number of aryl methyl sites for hydroxylation is 2. The van der Waals surface area contributed by atoms with Crippen molar-refractivity contribution < 1.29 is 14.3 Å². The van der Waals surface area contributed by atoms with E-state index in [-0.39, 0.29) is 12.2 Å². The fourth-order valence-electron chi connectivity index (χ4n) is 2.81. The predicted molar refractivity (Wildman–Crippen MR) is 111 cm³/mol. The van der Waals surface area contributed by atoms with Crippen molar-refractivity contribution in [2.45, 2.75) is 25.9 Å². The first-order valence-electron chi connectivity index (χ1n) is 8.84. The number of carbonyl (C=O) groups is 2. The standard InChI is InChI=1S/C19H25N5O3S/c1-5-27-17(25)14-11-22-19(28-4)23-16(14)21-9-10-24(18(20)26)15-12(2)7-6-8-13(15)3/h6-8,11H,5,9-10H2,1-4H3,(H2,20,26)(H,21,22,23). The van der Waals surface area contributed by atoms with Gasteiger partial charge in [0.15, 0.2) is 5.16 Å². The molecule has 1 aromatic heterocycles. The topological polar surface area (TPSA) is 110 Å². The van der Waals surface area contributed by atoms with Crippen LogP contribution in [0.5, 0.6) is 0 Å². The van der Waals surface area contributed by atoms with Crippen LogP contribution in [0.2, 0.25) is 0 Å². The van der Waals surface area contributed by atoms with Gasteiger partial charge in [0, 0.05) is 19.3 Å². The van der Waals surface area contributed by atoms with Gasteiger partial charge >= 0.3 is 12.0 Å². The molecule has 0 fully saturated rings. The number of rotatable bonds is 8. The Labute approximate surface area is 168 Å². The number of amides is 2. The van der Waals surface area contributed by atoms with Crippen molar-refractivity contribution in [1.29, 1.82) is 0 Å². The van der Waals surface area contributed by atoms with Crippen LogP contribution in [0.25, 0.3) is 0 Å². The summed E-state index contributed by atoms with van der Waals surface area (Å²) in [6.45, 7) is 6.50. The van der Waals surface area contributed by atoms with E-state index in [1.54, 1.807) is 6.92 Å². The molecule has 2 rings (SSSR count). The Morgan fingerprint density at radius 2 is 1.96 bits per heavy atom. The molecule has 28 heavy (non-hydrogen) atoms. The largest absolute Gasteiger partial charge is 0.462 e. The summed E-state index contributed by atoms with van der Waals surface area (Å²) in [7, 11) is 0.